The summed E-state index contributed by atoms with van der Waals surface area (Å²) in [6.07, 6.45) is 7.86. The van der Waals surface area contributed by atoms with Gasteiger partial charge in [-0.3, -0.25) is 33.7 Å². The van der Waals surface area contributed by atoms with Crippen LogP contribution in [-0.2, 0) is 52.8 Å². The summed E-state index contributed by atoms with van der Waals surface area (Å²) in [5.74, 6) is 2.14. The average Bonchev–Trinajstić information content (AvgIpc) is 3.96. The van der Waals surface area contributed by atoms with Gasteiger partial charge in [-0.1, -0.05) is 91.1 Å². The summed E-state index contributed by atoms with van der Waals surface area (Å²) in [4.78, 5) is 101. The van der Waals surface area contributed by atoms with Crippen molar-refractivity contribution in [2.45, 2.75) is 101 Å². The summed E-state index contributed by atoms with van der Waals surface area (Å²) >= 11 is 0. The number of aromatic nitrogens is 2. The molecule has 6 amide bonds. The van der Waals surface area contributed by atoms with Gasteiger partial charge in [0.2, 0.25) is 35.4 Å². The Kier molecular flexibility index (Phi) is 20.4. The molecule has 0 unspecified atom stereocenters. The van der Waals surface area contributed by atoms with Crippen LogP contribution in [-0.4, -0.2) is 119 Å². The van der Waals surface area contributed by atoms with E-state index in [2.05, 4.69) is 55.0 Å². The minimum atomic E-state index is -1.27. The smallest absolute Gasteiger partial charge is 0.244 e. The summed E-state index contributed by atoms with van der Waals surface area (Å²) in [6, 6.07) is 16.7. The van der Waals surface area contributed by atoms with Crippen molar-refractivity contribution < 1.29 is 33.6 Å². The number of aromatic amines is 2. The minimum Gasteiger partial charge on any atom is -0.368 e. The van der Waals surface area contributed by atoms with Crippen LogP contribution in [0.3, 0.4) is 0 Å². The zero-order chi connectivity index (χ0) is 50.6. The molecule has 0 saturated carbocycles. The van der Waals surface area contributed by atoms with Gasteiger partial charge in [0.1, 0.15) is 30.5 Å². The molecular formula is C52H65N11O7. The number of carbonyl (C=O) groups is 7. The highest BCUT2D eigenvalue weighted by Gasteiger charge is 2.32. The molecule has 0 spiro atoms. The number of nitrogens with zero attached hydrogens (tertiary/aromatic N) is 1. The number of para-hydroxylation sites is 2. The molecule has 0 aliphatic carbocycles. The van der Waals surface area contributed by atoms with Crippen LogP contribution >= 0.6 is 0 Å². The van der Waals surface area contributed by atoms with E-state index in [1.807, 2.05) is 83.8 Å². The van der Waals surface area contributed by atoms with Crippen molar-refractivity contribution in [2.75, 3.05) is 19.6 Å². The van der Waals surface area contributed by atoms with Gasteiger partial charge in [-0.05, 0) is 68.5 Å². The Bertz CT molecular complexity index is 2650. The molecule has 5 aromatic rings. The fourth-order valence-corrected chi connectivity index (χ4v) is 7.81. The molecule has 18 nitrogen and oxygen atoms in total. The SMILES string of the molecule is C=CCN(CC#CC[C@H](NC(=O)[C@H](C)N)C(=O)N[C@H](Cc1c[nH]c2ccccc12)C(=O)N[C@@H](C)C(=O)N[C@@H](Cc1c[nH]c2ccccc12)C(=O)N[C@@H](C=O)Cc1ccccc1)CCCC[C@H](N)C(N)=O. The predicted octanol–water partition coefficient (Wildman–Crippen LogP) is 1.53. The van der Waals surface area contributed by atoms with E-state index in [4.69, 9.17) is 17.2 Å². The van der Waals surface area contributed by atoms with Crippen LogP contribution in [0.2, 0.25) is 0 Å². The molecule has 13 N–H and O–H groups in total. The first kappa shape index (κ1) is 53.4. The van der Waals surface area contributed by atoms with E-state index in [9.17, 15) is 33.6 Å². The van der Waals surface area contributed by atoms with Crippen LogP contribution in [0.5, 0.6) is 0 Å². The zero-order valence-electron chi connectivity index (χ0n) is 39.7. The molecule has 0 radical (unpaired) electrons. The first-order valence-corrected chi connectivity index (χ1v) is 23.4. The van der Waals surface area contributed by atoms with E-state index in [1.54, 1.807) is 18.5 Å². The molecule has 0 fully saturated rings. The zero-order valence-corrected chi connectivity index (χ0v) is 39.7. The highest BCUT2D eigenvalue weighted by Crippen LogP contribution is 2.21. The van der Waals surface area contributed by atoms with Crippen molar-refractivity contribution in [3.63, 3.8) is 0 Å². The number of nitrogens with two attached hydrogens (primary N) is 3. The van der Waals surface area contributed by atoms with Gasteiger partial charge in [0.25, 0.3) is 0 Å². The van der Waals surface area contributed by atoms with Crippen LogP contribution in [0.15, 0.2) is 104 Å². The fourth-order valence-electron chi connectivity index (χ4n) is 7.81. The molecule has 370 valence electrons. The maximum absolute atomic E-state index is 14.3. The van der Waals surface area contributed by atoms with Crippen LogP contribution in [0, 0.1) is 11.8 Å². The number of hydrogen-bond donors (Lipinski definition) is 10. The summed E-state index contributed by atoms with van der Waals surface area (Å²) in [7, 11) is 0. The highest BCUT2D eigenvalue weighted by molar-refractivity contribution is 5.97. The van der Waals surface area contributed by atoms with E-state index in [0.29, 0.717) is 44.3 Å². The first-order chi connectivity index (χ1) is 33.7. The van der Waals surface area contributed by atoms with Gasteiger partial charge >= 0.3 is 0 Å². The quantitative estimate of drug-likeness (QED) is 0.0157. The maximum Gasteiger partial charge on any atom is 0.244 e. The van der Waals surface area contributed by atoms with E-state index < -0.39 is 77.7 Å². The van der Waals surface area contributed by atoms with Crippen LogP contribution < -0.4 is 43.8 Å². The van der Waals surface area contributed by atoms with Crippen LogP contribution in [0.1, 0.15) is 56.2 Å². The largest absolute Gasteiger partial charge is 0.368 e. The van der Waals surface area contributed by atoms with Gasteiger partial charge in [-0.25, -0.2) is 0 Å². The lowest BCUT2D eigenvalue weighted by Crippen LogP contribution is -2.59. The number of carbonyl (C=O) groups excluding carboxylic acids is 7. The standard InChI is InChI=1S/C52H65N11O7/c1-4-24-63(25-14-12-20-41(54)47(55)65)26-15-13-23-44(60-48(66)33(2)53)50(68)62-45(28-36-30-56-42-21-10-8-18-39(36)42)51(69)58-34(3)49(67)61-46(29-37-31-57-43-22-11-9-19-40(37)43)52(70)59-38(32-64)27-35-16-6-5-7-17-35/h4-11,16-19,21-22,30-34,38,41,44-46,56-57H,1,12,14,20,23-29,53-54H2,2-3H3,(H2,55,65)(H,58,69)(H,59,70)(H,60,66)(H,61,67)(H,62,68)/t33-,34-,38+,41-,44-,45+,46-/m0/s1. The van der Waals surface area contributed by atoms with Gasteiger partial charge in [0.05, 0.1) is 24.7 Å². The molecular weight excluding hydrogens is 891 g/mol. The predicted molar refractivity (Wildman–Crippen MR) is 269 cm³/mol. The lowest BCUT2D eigenvalue weighted by molar-refractivity contribution is -0.134. The topological polar surface area (TPSA) is 293 Å². The van der Waals surface area contributed by atoms with Crippen molar-refractivity contribution in [3.05, 3.63) is 121 Å². The monoisotopic (exact) mass is 956 g/mol. The number of hydrogen-bond acceptors (Lipinski definition) is 10. The second-order valence-corrected chi connectivity index (χ2v) is 17.4. The van der Waals surface area contributed by atoms with Crippen molar-refractivity contribution in [1.29, 1.82) is 0 Å². The minimum absolute atomic E-state index is 0.0173. The molecule has 3 aromatic carbocycles. The third-order valence-corrected chi connectivity index (χ3v) is 11.8. The first-order valence-electron chi connectivity index (χ1n) is 23.4. The van der Waals surface area contributed by atoms with Crippen LogP contribution in [0.25, 0.3) is 21.8 Å². The maximum atomic E-state index is 14.3. The molecule has 2 heterocycles. The van der Waals surface area contributed by atoms with Crippen LogP contribution in [0.4, 0.5) is 0 Å². The van der Waals surface area contributed by atoms with Gasteiger partial charge in [0.15, 0.2) is 0 Å². The van der Waals surface area contributed by atoms with Gasteiger partial charge in [0, 0.05) is 60.0 Å². The highest BCUT2D eigenvalue weighted by atomic mass is 16.2. The molecule has 0 bridgehead atoms. The molecule has 7 atom stereocenters. The fraction of sp³-hybridized carbons (Fsp3) is 0.365. The number of unbranched alkanes of at least 4 members (excludes halogenated alkanes) is 1. The number of H-pyrrole nitrogens is 2. The van der Waals surface area contributed by atoms with Gasteiger partial charge in [-0.2, -0.15) is 0 Å². The second-order valence-electron chi connectivity index (χ2n) is 17.4. The van der Waals surface area contributed by atoms with Crippen molar-refractivity contribution in [1.82, 2.24) is 41.5 Å². The number of primary amides is 1. The summed E-state index contributed by atoms with van der Waals surface area (Å²) < 4.78 is 0. The molecule has 18 heteroatoms. The number of aldehydes is 1. The van der Waals surface area contributed by atoms with E-state index in [-0.39, 0.29) is 25.7 Å². The molecule has 0 saturated heterocycles. The van der Waals surface area contributed by atoms with Gasteiger partial charge in [-0.15, -0.1) is 6.58 Å². The molecule has 5 rings (SSSR count). The van der Waals surface area contributed by atoms with Gasteiger partial charge < -0.3 is 58.5 Å². The lowest BCUT2D eigenvalue weighted by atomic mass is 10.0. The van der Waals surface area contributed by atoms with E-state index in [1.165, 1.54) is 13.8 Å². The Hall–Kier alpha value is -7.59. The molecule has 0 aliphatic heterocycles. The lowest BCUT2D eigenvalue weighted by Gasteiger charge is -2.25. The number of rotatable bonds is 27. The number of benzene rings is 3. The summed E-state index contributed by atoms with van der Waals surface area (Å²) in [6.45, 7) is 8.21. The number of fused-ring (bicyclic) bond motifs is 2. The van der Waals surface area contributed by atoms with Crippen molar-refractivity contribution >= 4 is 63.5 Å². The second kappa shape index (κ2) is 26.8. The Balaban J connectivity index is 1.33. The number of amides is 6. The Morgan fingerprint density at radius 2 is 1.21 bits per heavy atom. The van der Waals surface area contributed by atoms with Crippen molar-refractivity contribution in [3.8, 4) is 11.8 Å². The average molecular weight is 956 g/mol. The Morgan fingerprint density at radius 3 is 1.79 bits per heavy atom. The number of nitrogens with one attached hydrogen (secondary N) is 7. The van der Waals surface area contributed by atoms with E-state index >= 15 is 0 Å². The Morgan fingerprint density at radius 1 is 0.671 bits per heavy atom. The molecule has 2 aromatic heterocycles. The Labute approximate surface area is 407 Å². The normalized spacial score (nSPS) is 14.1. The summed E-state index contributed by atoms with van der Waals surface area (Å²) in [5.41, 5.74) is 20.8. The summed E-state index contributed by atoms with van der Waals surface area (Å²) in [5, 5.41) is 15.4. The molecule has 0 aliphatic rings. The van der Waals surface area contributed by atoms with Crippen molar-refractivity contribution in [2.24, 2.45) is 17.2 Å². The molecule has 70 heavy (non-hydrogen) atoms. The third kappa shape index (κ3) is 16.0. The third-order valence-electron chi connectivity index (χ3n) is 11.8. The van der Waals surface area contributed by atoms with E-state index in [0.717, 1.165) is 39.4 Å².